The summed E-state index contributed by atoms with van der Waals surface area (Å²) in [5, 5.41) is 4.99. The maximum Gasteiger partial charge on any atom is 0.234 e. The van der Waals surface area contributed by atoms with Crippen LogP contribution in [0.2, 0.25) is 0 Å². The van der Waals surface area contributed by atoms with E-state index in [4.69, 9.17) is 4.52 Å². The molecule has 1 heterocycles. The van der Waals surface area contributed by atoms with Crippen LogP contribution in [0.4, 0.5) is 5.88 Å². The van der Waals surface area contributed by atoms with E-state index in [1.165, 1.54) is 0 Å². The van der Waals surface area contributed by atoms with E-state index >= 15 is 0 Å². The molecule has 68 valence electrons. The SMILES string of the molecule is CN(C)c1onc2cc(Br)ccc12. The second-order valence-electron chi connectivity index (χ2n) is 3.04. The molecule has 1 aromatic carbocycles. The third-order valence-corrected chi connectivity index (χ3v) is 2.32. The fourth-order valence-corrected chi connectivity index (χ4v) is 1.57. The molecule has 1 aromatic heterocycles. The quantitative estimate of drug-likeness (QED) is 0.768. The van der Waals surface area contributed by atoms with E-state index < -0.39 is 0 Å². The van der Waals surface area contributed by atoms with Gasteiger partial charge in [-0.1, -0.05) is 21.1 Å². The summed E-state index contributed by atoms with van der Waals surface area (Å²) >= 11 is 3.38. The summed E-state index contributed by atoms with van der Waals surface area (Å²) in [5.41, 5.74) is 0.873. The molecule has 0 aliphatic heterocycles. The molecule has 0 saturated carbocycles. The zero-order chi connectivity index (χ0) is 9.42. The highest BCUT2D eigenvalue weighted by Gasteiger charge is 2.09. The molecule has 0 bridgehead atoms. The molecule has 0 aliphatic rings. The van der Waals surface area contributed by atoms with Crippen LogP contribution in [0.1, 0.15) is 0 Å². The lowest BCUT2D eigenvalue weighted by Gasteiger charge is -2.05. The van der Waals surface area contributed by atoms with Crippen LogP contribution in [0.25, 0.3) is 10.9 Å². The van der Waals surface area contributed by atoms with Crippen LogP contribution in [0.15, 0.2) is 27.2 Å². The number of hydrogen-bond donors (Lipinski definition) is 0. The summed E-state index contributed by atoms with van der Waals surface area (Å²) in [6, 6.07) is 5.91. The van der Waals surface area contributed by atoms with Gasteiger partial charge in [-0.05, 0) is 18.2 Å². The van der Waals surface area contributed by atoms with Crippen molar-refractivity contribution in [3.05, 3.63) is 22.7 Å². The largest absolute Gasteiger partial charge is 0.346 e. The molecule has 2 aromatic rings. The van der Waals surface area contributed by atoms with E-state index in [2.05, 4.69) is 21.1 Å². The molecule has 0 unspecified atom stereocenters. The van der Waals surface area contributed by atoms with Crippen LogP contribution in [-0.2, 0) is 0 Å². The van der Waals surface area contributed by atoms with Gasteiger partial charge in [0, 0.05) is 18.6 Å². The van der Waals surface area contributed by atoms with Crippen molar-refractivity contribution in [3.63, 3.8) is 0 Å². The Morgan fingerprint density at radius 2 is 2.15 bits per heavy atom. The van der Waals surface area contributed by atoms with E-state index in [0.29, 0.717) is 0 Å². The fourth-order valence-electron chi connectivity index (χ4n) is 1.23. The van der Waals surface area contributed by atoms with Crippen molar-refractivity contribution in [2.45, 2.75) is 0 Å². The molecule has 3 nitrogen and oxygen atoms in total. The number of aromatic nitrogens is 1. The molecule has 0 N–H and O–H groups in total. The lowest BCUT2D eigenvalue weighted by molar-refractivity contribution is 0.432. The predicted molar refractivity (Wildman–Crippen MR) is 56.0 cm³/mol. The Bertz CT molecular complexity index is 436. The lowest BCUT2D eigenvalue weighted by atomic mass is 10.2. The summed E-state index contributed by atoms with van der Waals surface area (Å²) in [7, 11) is 3.87. The third kappa shape index (κ3) is 1.42. The molecule has 0 saturated heterocycles. The van der Waals surface area contributed by atoms with E-state index in [1.807, 2.05) is 37.2 Å². The minimum absolute atomic E-state index is 0.794. The van der Waals surface area contributed by atoms with Crippen LogP contribution in [0.5, 0.6) is 0 Å². The van der Waals surface area contributed by atoms with E-state index in [9.17, 15) is 0 Å². The van der Waals surface area contributed by atoms with Gasteiger partial charge in [-0.3, -0.25) is 0 Å². The van der Waals surface area contributed by atoms with Crippen LogP contribution < -0.4 is 4.90 Å². The number of nitrogens with zero attached hydrogens (tertiary/aromatic N) is 2. The highest BCUT2D eigenvalue weighted by atomic mass is 79.9. The summed E-state index contributed by atoms with van der Waals surface area (Å²) in [6.07, 6.45) is 0. The second kappa shape index (κ2) is 3.03. The first-order valence-corrected chi connectivity index (χ1v) is 4.70. The number of rotatable bonds is 1. The van der Waals surface area contributed by atoms with Crippen molar-refractivity contribution in [3.8, 4) is 0 Å². The van der Waals surface area contributed by atoms with E-state index in [1.54, 1.807) is 0 Å². The Balaban J connectivity index is 2.69. The molecule has 0 atom stereocenters. The Kier molecular flexibility index (Phi) is 2.00. The van der Waals surface area contributed by atoms with E-state index in [-0.39, 0.29) is 0 Å². The molecule has 0 spiro atoms. The summed E-state index contributed by atoms with van der Waals surface area (Å²) in [4.78, 5) is 1.91. The Labute approximate surface area is 84.4 Å². The van der Waals surface area contributed by atoms with Gasteiger partial charge in [-0.15, -0.1) is 0 Å². The lowest BCUT2D eigenvalue weighted by Crippen LogP contribution is -2.07. The number of anilines is 1. The van der Waals surface area contributed by atoms with Crippen molar-refractivity contribution < 1.29 is 4.52 Å². The van der Waals surface area contributed by atoms with Gasteiger partial charge in [0.05, 0.1) is 5.39 Å². The van der Waals surface area contributed by atoms with Crippen molar-refractivity contribution in [2.75, 3.05) is 19.0 Å². The van der Waals surface area contributed by atoms with E-state index in [0.717, 1.165) is 21.3 Å². The Morgan fingerprint density at radius 3 is 2.85 bits per heavy atom. The van der Waals surface area contributed by atoms with Gasteiger partial charge in [-0.2, -0.15) is 0 Å². The molecule has 0 fully saturated rings. The van der Waals surface area contributed by atoms with Crippen molar-refractivity contribution in [2.24, 2.45) is 0 Å². The average Bonchev–Trinajstić information content (AvgIpc) is 2.46. The average molecular weight is 241 g/mol. The summed E-state index contributed by atoms with van der Waals surface area (Å²) in [5.74, 6) is 0.794. The molecule has 0 radical (unpaired) electrons. The van der Waals surface area contributed by atoms with Crippen LogP contribution in [-0.4, -0.2) is 19.3 Å². The van der Waals surface area contributed by atoms with Gasteiger partial charge in [-0.25, -0.2) is 0 Å². The summed E-state index contributed by atoms with van der Waals surface area (Å²) < 4.78 is 6.20. The second-order valence-corrected chi connectivity index (χ2v) is 3.96. The maximum atomic E-state index is 5.19. The Morgan fingerprint density at radius 1 is 1.38 bits per heavy atom. The molecule has 0 aliphatic carbocycles. The predicted octanol–water partition coefficient (Wildman–Crippen LogP) is 2.66. The molecular weight excluding hydrogens is 232 g/mol. The van der Waals surface area contributed by atoms with Crippen LogP contribution >= 0.6 is 15.9 Å². The first-order chi connectivity index (χ1) is 6.18. The van der Waals surface area contributed by atoms with Gasteiger partial charge in [0.2, 0.25) is 5.88 Å². The first-order valence-electron chi connectivity index (χ1n) is 3.91. The normalized spacial score (nSPS) is 10.7. The molecule has 2 rings (SSSR count). The van der Waals surface area contributed by atoms with Gasteiger partial charge in [0.15, 0.2) is 0 Å². The number of fused-ring (bicyclic) bond motifs is 1. The van der Waals surface area contributed by atoms with Gasteiger partial charge in [0.1, 0.15) is 5.52 Å². The Hall–Kier alpha value is -1.03. The molecule has 13 heavy (non-hydrogen) atoms. The molecule has 0 amide bonds. The van der Waals surface area contributed by atoms with Gasteiger partial charge >= 0.3 is 0 Å². The van der Waals surface area contributed by atoms with Gasteiger partial charge < -0.3 is 9.42 Å². The highest BCUT2D eigenvalue weighted by molar-refractivity contribution is 9.10. The highest BCUT2D eigenvalue weighted by Crippen LogP contribution is 2.27. The minimum Gasteiger partial charge on any atom is -0.346 e. The zero-order valence-corrected chi connectivity index (χ0v) is 9.00. The summed E-state index contributed by atoms with van der Waals surface area (Å²) in [6.45, 7) is 0. The van der Waals surface area contributed by atoms with Crippen molar-refractivity contribution >= 4 is 32.7 Å². The van der Waals surface area contributed by atoms with Crippen LogP contribution in [0, 0.1) is 0 Å². The van der Waals surface area contributed by atoms with Crippen LogP contribution in [0.3, 0.4) is 0 Å². The number of benzene rings is 1. The van der Waals surface area contributed by atoms with Crippen molar-refractivity contribution in [1.82, 2.24) is 5.16 Å². The fraction of sp³-hybridized carbons (Fsp3) is 0.222. The monoisotopic (exact) mass is 240 g/mol. The zero-order valence-electron chi connectivity index (χ0n) is 7.41. The molecular formula is C9H9BrN2O. The van der Waals surface area contributed by atoms with Gasteiger partial charge in [0.25, 0.3) is 0 Å². The smallest absolute Gasteiger partial charge is 0.234 e. The third-order valence-electron chi connectivity index (χ3n) is 1.83. The topological polar surface area (TPSA) is 29.3 Å². The molecule has 4 heteroatoms. The van der Waals surface area contributed by atoms with Crippen molar-refractivity contribution in [1.29, 1.82) is 0 Å². The minimum atomic E-state index is 0.794. The maximum absolute atomic E-state index is 5.19. The first kappa shape index (κ1) is 8.56. The number of hydrogen-bond acceptors (Lipinski definition) is 3. The number of halogens is 1. The standard InChI is InChI=1S/C9H9BrN2O/c1-12(2)9-7-4-3-6(10)5-8(7)11-13-9/h3-5H,1-2H3.